The number of pyridine rings is 1. The molecule has 5 heteroatoms. The summed E-state index contributed by atoms with van der Waals surface area (Å²) in [6.45, 7) is 6.09. The maximum atomic E-state index is 11.9. The highest BCUT2D eigenvalue weighted by atomic mass is 16.2. The average Bonchev–Trinajstić information content (AvgIpc) is 2.50. The van der Waals surface area contributed by atoms with Crippen LogP contribution in [0.3, 0.4) is 0 Å². The Morgan fingerprint density at radius 1 is 1.17 bits per heavy atom. The van der Waals surface area contributed by atoms with Gasteiger partial charge in [0.1, 0.15) is 0 Å². The van der Waals surface area contributed by atoms with Gasteiger partial charge in [-0.2, -0.15) is 0 Å². The van der Waals surface area contributed by atoms with Crippen molar-refractivity contribution in [3.05, 3.63) is 36.5 Å². The van der Waals surface area contributed by atoms with Gasteiger partial charge in [-0.15, -0.1) is 0 Å². The Morgan fingerprint density at radius 3 is 2.65 bits per heavy atom. The topological polar surface area (TPSA) is 71.1 Å². The van der Waals surface area contributed by atoms with Crippen LogP contribution in [0, 0.1) is 5.41 Å². The van der Waals surface area contributed by atoms with E-state index in [-0.39, 0.29) is 11.8 Å². The first-order valence-electron chi connectivity index (χ1n) is 7.79. The summed E-state index contributed by atoms with van der Waals surface area (Å²) in [5.74, 6) is -0.0799. The Hall–Kier alpha value is -2.43. The average molecular weight is 313 g/mol. The predicted octanol–water partition coefficient (Wildman–Crippen LogP) is 3.12. The normalized spacial score (nSPS) is 11.3. The van der Waals surface area contributed by atoms with Crippen LogP contribution in [0.25, 0.3) is 10.9 Å². The minimum atomic E-state index is -0.404. The number of hydrogen-bond acceptors (Lipinski definition) is 3. The Bertz CT molecular complexity index is 705. The monoisotopic (exact) mass is 313 g/mol. The van der Waals surface area contributed by atoms with E-state index < -0.39 is 5.41 Å². The van der Waals surface area contributed by atoms with Crippen molar-refractivity contribution < 1.29 is 9.59 Å². The van der Waals surface area contributed by atoms with Gasteiger partial charge in [-0.1, -0.05) is 39.0 Å². The summed E-state index contributed by atoms with van der Waals surface area (Å²) in [4.78, 5) is 28.0. The third-order valence-electron chi connectivity index (χ3n) is 3.42. The first kappa shape index (κ1) is 16.9. The number of para-hydroxylation sites is 1. The van der Waals surface area contributed by atoms with Crippen LogP contribution in [0.5, 0.6) is 0 Å². The molecular formula is C18H23N3O2. The maximum Gasteiger partial charge on any atom is 0.225 e. The van der Waals surface area contributed by atoms with Crippen molar-refractivity contribution in [3.8, 4) is 0 Å². The lowest BCUT2D eigenvalue weighted by atomic mass is 9.96. The van der Waals surface area contributed by atoms with Crippen molar-refractivity contribution in [1.29, 1.82) is 0 Å². The van der Waals surface area contributed by atoms with Gasteiger partial charge in [-0.25, -0.2) is 0 Å². The van der Waals surface area contributed by atoms with E-state index in [0.717, 1.165) is 10.9 Å². The second kappa shape index (κ2) is 7.22. The highest BCUT2D eigenvalue weighted by molar-refractivity contribution is 5.93. The molecule has 0 fully saturated rings. The van der Waals surface area contributed by atoms with Gasteiger partial charge >= 0.3 is 0 Å². The van der Waals surface area contributed by atoms with Gasteiger partial charge < -0.3 is 10.6 Å². The zero-order valence-electron chi connectivity index (χ0n) is 13.8. The van der Waals surface area contributed by atoms with Gasteiger partial charge in [0, 0.05) is 23.8 Å². The molecule has 0 aliphatic heterocycles. The summed E-state index contributed by atoms with van der Waals surface area (Å²) in [6, 6.07) is 9.66. The molecule has 5 nitrogen and oxygen atoms in total. The van der Waals surface area contributed by atoms with Crippen molar-refractivity contribution in [1.82, 2.24) is 10.3 Å². The summed E-state index contributed by atoms with van der Waals surface area (Å²) < 4.78 is 0. The van der Waals surface area contributed by atoms with Crippen molar-refractivity contribution in [3.63, 3.8) is 0 Å². The van der Waals surface area contributed by atoms with E-state index in [1.807, 2.05) is 51.1 Å². The molecule has 1 aromatic heterocycles. The van der Waals surface area contributed by atoms with Gasteiger partial charge in [0.2, 0.25) is 11.8 Å². The summed E-state index contributed by atoms with van der Waals surface area (Å²) in [6.07, 6.45) is 2.62. The third kappa shape index (κ3) is 5.06. The van der Waals surface area contributed by atoms with Crippen molar-refractivity contribution in [2.24, 2.45) is 5.41 Å². The lowest BCUT2D eigenvalue weighted by Gasteiger charge is -2.17. The van der Waals surface area contributed by atoms with Gasteiger partial charge in [-0.05, 0) is 18.6 Å². The molecule has 122 valence electrons. The summed E-state index contributed by atoms with van der Waals surface area (Å²) in [5.41, 5.74) is 1.18. The molecule has 0 unspecified atom stereocenters. The predicted molar refractivity (Wildman–Crippen MR) is 92.1 cm³/mol. The molecule has 2 rings (SSSR count). The van der Waals surface area contributed by atoms with Crippen LogP contribution >= 0.6 is 0 Å². The van der Waals surface area contributed by atoms with Crippen LogP contribution < -0.4 is 10.6 Å². The molecule has 0 saturated heterocycles. The number of nitrogens with zero attached hydrogens (tertiary/aromatic N) is 1. The van der Waals surface area contributed by atoms with Crippen LogP contribution in [0.4, 0.5) is 5.69 Å². The quantitative estimate of drug-likeness (QED) is 0.833. The van der Waals surface area contributed by atoms with Crippen LogP contribution in [0.2, 0.25) is 0 Å². The Labute approximate surface area is 136 Å². The molecule has 0 aliphatic carbocycles. The Morgan fingerprint density at radius 2 is 1.91 bits per heavy atom. The largest absolute Gasteiger partial charge is 0.356 e. The molecule has 2 N–H and O–H groups in total. The van der Waals surface area contributed by atoms with Crippen LogP contribution in [0.1, 0.15) is 33.6 Å². The molecule has 2 aromatic rings. The fraction of sp³-hybridized carbons (Fsp3) is 0.389. The first-order chi connectivity index (χ1) is 10.9. The molecule has 0 spiro atoms. The number of carbonyl (C=O) groups excluding carboxylic acids is 2. The van der Waals surface area contributed by atoms with Gasteiger partial charge in [0.25, 0.3) is 0 Å². The van der Waals surface area contributed by atoms with Crippen molar-refractivity contribution in [2.75, 3.05) is 11.9 Å². The van der Waals surface area contributed by atoms with Gasteiger partial charge in [-0.3, -0.25) is 14.6 Å². The number of rotatable bonds is 5. The van der Waals surface area contributed by atoms with E-state index in [1.54, 1.807) is 6.20 Å². The molecular weight excluding hydrogens is 290 g/mol. The Kier molecular flexibility index (Phi) is 5.32. The zero-order valence-corrected chi connectivity index (χ0v) is 13.8. The van der Waals surface area contributed by atoms with E-state index in [2.05, 4.69) is 15.6 Å². The molecule has 0 aliphatic rings. The highest BCUT2D eigenvalue weighted by Gasteiger charge is 2.20. The van der Waals surface area contributed by atoms with E-state index in [1.165, 1.54) is 0 Å². The number of carbonyl (C=O) groups is 2. The number of amides is 2. The van der Waals surface area contributed by atoms with E-state index in [0.29, 0.717) is 25.1 Å². The first-order valence-corrected chi connectivity index (χ1v) is 7.79. The molecule has 23 heavy (non-hydrogen) atoms. The minimum absolute atomic E-state index is 0.00311. The van der Waals surface area contributed by atoms with E-state index in [9.17, 15) is 9.59 Å². The van der Waals surface area contributed by atoms with Crippen molar-refractivity contribution >= 4 is 28.4 Å². The molecule has 0 atom stereocenters. The maximum absolute atomic E-state index is 11.9. The second-order valence-corrected chi connectivity index (χ2v) is 6.57. The molecule has 2 amide bonds. The summed E-state index contributed by atoms with van der Waals surface area (Å²) in [5, 5.41) is 6.66. The number of benzene rings is 1. The number of fused-ring (bicyclic) bond motifs is 1. The number of hydrogen-bond donors (Lipinski definition) is 2. The standard InChI is InChI=1S/C18H23N3O2/c1-18(2,3)17(23)19-10-6-9-16(22)21-14-11-13-7-4-5-8-15(13)20-12-14/h4-5,7-8,11-12H,6,9-10H2,1-3H3,(H,19,23)(H,21,22). The van der Waals surface area contributed by atoms with Gasteiger partial charge in [0.15, 0.2) is 0 Å². The van der Waals surface area contributed by atoms with Crippen LogP contribution in [-0.2, 0) is 9.59 Å². The summed E-state index contributed by atoms with van der Waals surface area (Å²) >= 11 is 0. The molecule has 0 saturated carbocycles. The second-order valence-electron chi connectivity index (χ2n) is 6.57. The fourth-order valence-corrected chi connectivity index (χ4v) is 2.08. The SMILES string of the molecule is CC(C)(C)C(=O)NCCCC(=O)Nc1cnc2ccccc2c1. The number of nitrogens with one attached hydrogen (secondary N) is 2. The van der Waals surface area contributed by atoms with E-state index >= 15 is 0 Å². The third-order valence-corrected chi connectivity index (χ3v) is 3.42. The Balaban J connectivity index is 1.79. The number of anilines is 1. The van der Waals surface area contributed by atoms with E-state index in [4.69, 9.17) is 0 Å². The molecule has 0 bridgehead atoms. The lowest BCUT2D eigenvalue weighted by molar-refractivity contribution is -0.128. The van der Waals surface area contributed by atoms with Crippen LogP contribution in [0.15, 0.2) is 36.5 Å². The summed E-state index contributed by atoms with van der Waals surface area (Å²) in [7, 11) is 0. The van der Waals surface area contributed by atoms with Crippen LogP contribution in [-0.4, -0.2) is 23.3 Å². The molecule has 1 aromatic carbocycles. The van der Waals surface area contributed by atoms with Crippen molar-refractivity contribution in [2.45, 2.75) is 33.6 Å². The minimum Gasteiger partial charge on any atom is -0.356 e. The van der Waals surface area contributed by atoms with Gasteiger partial charge in [0.05, 0.1) is 17.4 Å². The smallest absolute Gasteiger partial charge is 0.225 e. The fourth-order valence-electron chi connectivity index (χ4n) is 2.08. The zero-order chi connectivity index (χ0) is 16.9. The highest BCUT2D eigenvalue weighted by Crippen LogP contribution is 2.16. The number of aromatic nitrogens is 1. The lowest BCUT2D eigenvalue weighted by Crippen LogP contribution is -2.35. The molecule has 1 heterocycles. The molecule has 0 radical (unpaired) electrons.